The van der Waals surface area contributed by atoms with Gasteiger partial charge in [0, 0.05) is 31.3 Å². The van der Waals surface area contributed by atoms with Gasteiger partial charge in [-0.15, -0.1) is 0 Å². The Morgan fingerprint density at radius 2 is 1.39 bits per heavy atom. The Hall–Kier alpha value is 0.150. The number of unbranched alkanes of at least 4 members (excludes halogenated alkanes) is 5. The topological polar surface area (TPSA) is 23.1 Å². The summed E-state index contributed by atoms with van der Waals surface area (Å²) in [5, 5.41) is 0. The van der Waals surface area contributed by atoms with Crippen molar-refractivity contribution in [3.8, 4) is 0 Å². The third-order valence-electron chi connectivity index (χ3n) is 4.26. The summed E-state index contributed by atoms with van der Waals surface area (Å²) >= 11 is 0. The van der Waals surface area contributed by atoms with Crippen LogP contribution in [0.4, 0.5) is 0 Å². The molecule has 3 nitrogen and oxygen atoms in total. The van der Waals surface area contributed by atoms with E-state index in [1.807, 2.05) is 0 Å². The quantitative estimate of drug-likeness (QED) is 0.361. The van der Waals surface area contributed by atoms with Crippen molar-refractivity contribution in [2.24, 2.45) is 0 Å². The molecule has 4 heteroatoms. The summed E-state index contributed by atoms with van der Waals surface area (Å²) < 4.78 is 17.6. The molecule has 2 rings (SSSR count). The molecule has 106 valence electrons. The van der Waals surface area contributed by atoms with Crippen LogP contribution in [0.5, 0.6) is 0 Å². The molecule has 2 aliphatic rings. The van der Waals surface area contributed by atoms with Gasteiger partial charge in [-0.25, -0.2) is 9.34 Å². The largest absolute Gasteiger partial charge is 0.289 e. The van der Waals surface area contributed by atoms with Gasteiger partial charge in [0.2, 0.25) is 7.44 Å². The van der Waals surface area contributed by atoms with Crippen molar-refractivity contribution in [1.82, 2.24) is 9.34 Å². The monoisotopic (exact) mass is 272 g/mol. The highest BCUT2D eigenvalue weighted by Crippen LogP contribution is 2.64. The second-order valence-corrected chi connectivity index (χ2v) is 8.90. The lowest BCUT2D eigenvalue weighted by molar-refractivity contribution is 0.499. The Bertz CT molecular complexity index is 301. The Labute approximate surface area is 112 Å². The van der Waals surface area contributed by atoms with E-state index in [2.05, 4.69) is 30.1 Å². The summed E-state index contributed by atoms with van der Waals surface area (Å²) in [6, 6.07) is 1.12. The first-order chi connectivity index (χ1) is 8.59. The summed E-state index contributed by atoms with van der Waals surface area (Å²) in [6.45, 7) is 8.74. The van der Waals surface area contributed by atoms with E-state index in [0.29, 0.717) is 12.1 Å². The van der Waals surface area contributed by atoms with Gasteiger partial charge in [0.05, 0.1) is 0 Å². The van der Waals surface area contributed by atoms with Crippen molar-refractivity contribution < 1.29 is 4.57 Å². The van der Waals surface area contributed by atoms with Crippen LogP contribution >= 0.6 is 7.44 Å². The molecule has 0 saturated carbocycles. The normalized spacial score (nSPS) is 37.3. The van der Waals surface area contributed by atoms with E-state index in [-0.39, 0.29) is 0 Å². The van der Waals surface area contributed by atoms with Gasteiger partial charge in [-0.2, -0.15) is 0 Å². The summed E-state index contributed by atoms with van der Waals surface area (Å²) in [7, 11) is -2.14. The fourth-order valence-electron chi connectivity index (χ4n) is 2.82. The van der Waals surface area contributed by atoms with Gasteiger partial charge in [0.15, 0.2) is 0 Å². The van der Waals surface area contributed by atoms with Gasteiger partial charge in [0.1, 0.15) is 0 Å². The number of nitrogens with zero attached hydrogens (tertiary/aromatic N) is 2. The van der Waals surface area contributed by atoms with Crippen LogP contribution in [0, 0.1) is 0 Å². The van der Waals surface area contributed by atoms with Crippen LogP contribution in [0.15, 0.2) is 0 Å². The molecule has 4 atom stereocenters. The zero-order valence-electron chi connectivity index (χ0n) is 12.3. The van der Waals surface area contributed by atoms with Crippen molar-refractivity contribution in [2.75, 3.05) is 19.3 Å². The molecule has 0 bridgehead atoms. The van der Waals surface area contributed by atoms with Gasteiger partial charge in [-0.3, -0.25) is 4.57 Å². The smallest absolute Gasteiger partial charge is 0.217 e. The zero-order valence-corrected chi connectivity index (χ0v) is 13.2. The molecule has 18 heavy (non-hydrogen) atoms. The summed E-state index contributed by atoms with van der Waals surface area (Å²) in [6.07, 6.45) is 8.65. The molecule has 2 unspecified atom stereocenters. The van der Waals surface area contributed by atoms with E-state index in [0.717, 1.165) is 25.7 Å². The SMILES string of the molecule is CCCCCCCCP(=O)(N1C[C@H]1C)N1C[C@H]1C. The predicted molar refractivity (Wildman–Crippen MR) is 78.2 cm³/mol. The molecular formula is C14H29N2OP. The minimum atomic E-state index is -2.14. The minimum Gasteiger partial charge on any atom is -0.289 e. The maximum atomic E-state index is 13.1. The summed E-state index contributed by atoms with van der Waals surface area (Å²) in [5.74, 6) is 0. The fourth-order valence-corrected chi connectivity index (χ4v) is 6.48. The van der Waals surface area contributed by atoms with Crippen molar-refractivity contribution in [1.29, 1.82) is 0 Å². The Kier molecular flexibility index (Phi) is 4.91. The van der Waals surface area contributed by atoms with Crippen LogP contribution < -0.4 is 0 Å². The Morgan fingerprint density at radius 3 is 1.83 bits per heavy atom. The van der Waals surface area contributed by atoms with E-state index in [4.69, 9.17) is 0 Å². The highest BCUT2D eigenvalue weighted by Gasteiger charge is 2.53. The molecule has 0 spiro atoms. The molecule has 0 aromatic heterocycles. The number of rotatable bonds is 9. The standard InChI is InChI=1S/C14H29N2OP/c1-4-5-6-7-8-9-10-18(17,15-11-13(15)2)16-12-14(16)3/h13-14H,4-12H2,1-3H3/t13-,14-,15?,16?,18?/m1/s1. The summed E-state index contributed by atoms with van der Waals surface area (Å²) in [4.78, 5) is 0. The molecule has 2 heterocycles. The van der Waals surface area contributed by atoms with Gasteiger partial charge in [-0.05, 0) is 20.3 Å². The maximum absolute atomic E-state index is 13.1. The first kappa shape index (κ1) is 14.6. The van der Waals surface area contributed by atoms with E-state index in [1.165, 1.54) is 32.1 Å². The van der Waals surface area contributed by atoms with Gasteiger partial charge in [0.25, 0.3) is 0 Å². The van der Waals surface area contributed by atoms with Crippen LogP contribution in [-0.2, 0) is 4.57 Å². The summed E-state index contributed by atoms with van der Waals surface area (Å²) in [5.41, 5.74) is 0. The molecule has 2 saturated heterocycles. The lowest BCUT2D eigenvalue weighted by atomic mass is 10.1. The van der Waals surface area contributed by atoms with E-state index in [9.17, 15) is 4.57 Å². The maximum Gasteiger partial charge on any atom is 0.217 e. The molecule has 0 amide bonds. The van der Waals surface area contributed by atoms with Gasteiger partial charge >= 0.3 is 0 Å². The van der Waals surface area contributed by atoms with Crippen molar-refractivity contribution in [2.45, 2.75) is 71.4 Å². The fraction of sp³-hybridized carbons (Fsp3) is 1.00. The molecule has 2 aliphatic heterocycles. The predicted octanol–water partition coefficient (Wildman–Crippen LogP) is 3.95. The van der Waals surface area contributed by atoms with Crippen molar-refractivity contribution >= 4 is 7.44 Å². The van der Waals surface area contributed by atoms with E-state index < -0.39 is 7.44 Å². The van der Waals surface area contributed by atoms with Gasteiger partial charge < -0.3 is 0 Å². The average molecular weight is 272 g/mol. The van der Waals surface area contributed by atoms with Crippen LogP contribution in [0.3, 0.4) is 0 Å². The van der Waals surface area contributed by atoms with Crippen molar-refractivity contribution in [3.63, 3.8) is 0 Å². The lowest BCUT2D eigenvalue weighted by Crippen LogP contribution is -2.11. The Balaban J connectivity index is 1.72. The highest BCUT2D eigenvalue weighted by molar-refractivity contribution is 7.59. The van der Waals surface area contributed by atoms with Crippen LogP contribution in [0.1, 0.15) is 59.3 Å². The third kappa shape index (κ3) is 3.37. The van der Waals surface area contributed by atoms with Crippen LogP contribution in [0.2, 0.25) is 0 Å². The molecule has 0 aromatic carbocycles. The first-order valence-electron chi connectivity index (χ1n) is 7.73. The first-order valence-corrected chi connectivity index (χ1v) is 9.52. The minimum absolute atomic E-state index is 0.559. The van der Waals surface area contributed by atoms with Gasteiger partial charge in [-0.1, -0.05) is 39.0 Å². The van der Waals surface area contributed by atoms with E-state index in [1.54, 1.807) is 0 Å². The lowest BCUT2D eigenvalue weighted by Gasteiger charge is -2.21. The number of hydrogen-bond acceptors (Lipinski definition) is 1. The second-order valence-electron chi connectivity index (χ2n) is 6.10. The molecular weight excluding hydrogens is 243 g/mol. The van der Waals surface area contributed by atoms with Crippen LogP contribution in [-0.4, -0.2) is 40.7 Å². The van der Waals surface area contributed by atoms with Crippen molar-refractivity contribution in [3.05, 3.63) is 0 Å². The van der Waals surface area contributed by atoms with Crippen LogP contribution in [0.25, 0.3) is 0 Å². The highest BCUT2D eigenvalue weighted by atomic mass is 31.2. The Morgan fingerprint density at radius 1 is 0.944 bits per heavy atom. The second kappa shape index (κ2) is 6.07. The third-order valence-corrected chi connectivity index (χ3v) is 7.88. The van der Waals surface area contributed by atoms with E-state index >= 15 is 0 Å². The molecule has 0 N–H and O–H groups in total. The molecule has 0 radical (unpaired) electrons. The molecule has 2 fully saturated rings. The molecule has 0 aromatic rings. The zero-order chi connectivity index (χ0) is 13.2. The molecule has 0 aliphatic carbocycles. The average Bonchev–Trinajstić information content (AvgIpc) is 3.22. The number of hydrogen-bond donors (Lipinski definition) is 0.